The predicted molar refractivity (Wildman–Crippen MR) is 172 cm³/mol. The van der Waals surface area contributed by atoms with Gasteiger partial charge in [-0.3, -0.25) is 9.98 Å². The van der Waals surface area contributed by atoms with Crippen LogP contribution in [-0.2, 0) is 26.1 Å². The molecule has 4 rings (SSSR count). The molecule has 0 amide bonds. The molecule has 4 heterocycles. The van der Waals surface area contributed by atoms with Crippen molar-refractivity contribution in [3.63, 3.8) is 0 Å². The first kappa shape index (κ1) is 38.7. The third-order valence-corrected chi connectivity index (χ3v) is 10.8. The number of hydrogen-bond acceptors (Lipinski definition) is 12. The van der Waals surface area contributed by atoms with E-state index < -0.39 is 33.2 Å². The van der Waals surface area contributed by atoms with Gasteiger partial charge in [0.25, 0.3) is 0 Å². The topological polar surface area (TPSA) is 109 Å². The molecule has 4 aliphatic heterocycles. The van der Waals surface area contributed by atoms with Crippen LogP contribution >= 0.6 is 0 Å². The molecule has 0 aromatic heterocycles. The second-order valence-corrected chi connectivity index (χ2v) is 21.2. The molecule has 42 heavy (non-hydrogen) atoms. The fourth-order valence-corrected chi connectivity index (χ4v) is 8.78. The van der Waals surface area contributed by atoms with Crippen LogP contribution in [0.4, 0.5) is 0 Å². The van der Waals surface area contributed by atoms with Crippen molar-refractivity contribution in [3.05, 3.63) is 0 Å². The molecule has 0 aromatic rings. The number of nitrogens with zero attached hydrogens (tertiary/aromatic N) is 6. The SMILES string of the molecule is CN1CCCN2CCCN=C12.CN1CCCN2CCCN=C12.COC(=O)[C@H](C)[O][Ga]([CH3])[CH3].COC(=O)[C@H](C)[O][Ga]([CH3])[CH3]. The first-order valence-electron chi connectivity index (χ1n) is 15.4. The zero-order valence-electron chi connectivity index (χ0n) is 27.9. The van der Waals surface area contributed by atoms with Crippen LogP contribution < -0.4 is 0 Å². The first-order valence-corrected chi connectivity index (χ1v) is 27.1. The average molecular weight is 712 g/mol. The summed E-state index contributed by atoms with van der Waals surface area (Å²) in [5, 5.41) is 0. The third kappa shape index (κ3) is 14.9. The molecule has 0 aromatic carbocycles. The summed E-state index contributed by atoms with van der Waals surface area (Å²) in [6, 6.07) is 0. The number of guanidine groups is 2. The van der Waals surface area contributed by atoms with Crippen LogP contribution in [0.5, 0.6) is 0 Å². The summed E-state index contributed by atoms with van der Waals surface area (Å²) in [7, 11) is 7.01. The van der Waals surface area contributed by atoms with Gasteiger partial charge in [-0.1, -0.05) is 0 Å². The molecule has 0 bridgehead atoms. The monoisotopic (exact) mass is 710 g/mol. The first-order chi connectivity index (χ1) is 19.9. The fraction of sp³-hybridized carbons (Fsp3) is 0.857. The molecule has 0 aliphatic carbocycles. The number of rotatable bonds is 6. The van der Waals surface area contributed by atoms with Gasteiger partial charge in [-0.2, -0.15) is 0 Å². The maximum atomic E-state index is 10.7. The summed E-state index contributed by atoms with van der Waals surface area (Å²) < 4.78 is 19.6. The van der Waals surface area contributed by atoms with Crippen LogP contribution in [0, 0.1) is 0 Å². The van der Waals surface area contributed by atoms with Crippen molar-refractivity contribution < 1.29 is 26.1 Å². The number of carbonyl (C=O) groups is 2. The van der Waals surface area contributed by atoms with Crippen LogP contribution in [0.3, 0.4) is 0 Å². The van der Waals surface area contributed by atoms with Gasteiger partial charge in [0.15, 0.2) is 11.9 Å². The minimum atomic E-state index is -1.51. The Bertz CT molecular complexity index is 795. The van der Waals surface area contributed by atoms with Gasteiger partial charge < -0.3 is 19.6 Å². The quantitative estimate of drug-likeness (QED) is 0.301. The molecular weight excluding hydrogens is 656 g/mol. The van der Waals surface area contributed by atoms with E-state index >= 15 is 0 Å². The predicted octanol–water partition coefficient (Wildman–Crippen LogP) is 2.40. The number of methoxy groups -OCH3 is 2. The molecule has 14 heteroatoms. The van der Waals surface area contributed by atoms with Crippen molar-refractivity contribution in [3.8, 4) is 0 Å². The van der Waals surface area contributed by atoms with Gasteiger partial charge >= 0.3 is 133 Å². The van der Waals surface area contributed by atoms with Gasteiger partial charge in [0.1, 0.15) is 0 Å². The van der Waals surface area contributed by atoms with E-state index in [2.05, 4.69) is 75.1 Å². The third-order valence-electron chi connectivity index (χ3n) is 6.79. The van der Waals surface area contributed by atoms with Gasteiger partial charge in [-0.05, 0) is 25.7 Å². The van der Waals surface area contributed by atoms with Crippen molar-refractivity contribution in [2.45, 2.75) is 73.7 Å². The molecule has 2 saturated heterocycles. The van der Waals surface area contributed by atoms with Gasteiger partial charge in [0, 0.05) is 66.5 Å². The van der Waals surface area contributed by atoms with E-state index in [1.54, 1.807) is 13.8 Å². The Kier molecular flexibility index (Phi) is 19.7. The summed E-state index contributed by atoms with van der Waals surface area (Å²) in [5.41, 5.74) is 8.25. The van der Waals surface area contributed by atoms with Gasteiger partial charge in [0.05, 0.1) is 0 Å². The normalized spacial score (nSPS) is 18.8. The van der Waals surface area contributed by atoms with Gasteiger partial charge in [0.2, 0.25) is 0 Å². The van der Waals surface area contributed by atoms with Crippen molar-refractivity contribution in [1.82, 2.24) is 19.6 Å². The number of carbonyl (C=O) groups excluding carboxylic acids is 2. The second kappa shape index (κ2) is 21.4. The number of esters is 2. The van der Waals surface area contributed by atoms with E-state index in [0.29, 0.717) is 0 Å². The molecule has 0 unspecified atom stereocenters. The van der Waals surface area contributed by atoms with E-state index in [1.807, 2.05) is 0 Å². The summed E-state index contributed by atoms with van der Waals surface area (Å²) >= 11 is -3.01. The maximum absolute atomic E-state index is 10.7. The molecule has 0 saturated carbocycles. The molecule has 12 nitrogen and oxygen atoms in total. The Morgan fingerprint density at radius 3 is 1.26 bits per heavy atom. The van der Waals surface area contributed by atoms with E-state index in [0.717, 1.165) is 13.1 Å². The van der Waals surface area contributed by atoms with Gasteiger partial charge in [-0.15, -0.1) is 0 Å². The second-order valence-electron chi connectivity index (χ2n) is 11.3. The van der Waals surface area contributed by atoms with Crippen LogP contribution in [0.25, 0.3) is 0 Å². The van der Waals surface area contributed by atoms with E-state index in [1.165, 1.54) is 91.1 Å². The van der Waals surface area contributed by atoms with E-state index in [4.69, 9.17) is 7.06 Å². The van der Waals surface area contributed by atoms with Crippen LogP contribution in [0.1, 0.15) is 39.5 Å². The standard InChI is InChI=1S/2C8H15N3.2C4H7O3.4CH3.2Ga/c2*1-10-5-3-7-11-6-2-4-9-8(10)11;2*1-3(5)4(6)7-2;;;;;;/h2*2-7H2,1H3;2*3H,1-2H3;4*1H3;;/q;;2*-1;;;;;2*+1/t;;2*3-;;;;;;/m..00....../s1. The number of fused-ring (bicyclic) bond motifs is 2. The molecule has 0 N–H and O–H groups in total. The Hall–Kier alpha value is -1.33. The Morgan fingerprint density at radius 2 is 0.976 bits per heavy atom. The zero-order valence-corrected chi connectivity index (χ0v) is 32.8. The van der Waals surface area contributed by atoms with Crippen LogP contribution in [0.2, 0.25) is 21.9 Å². The van der Waals surface area contributed by atoms with Gasteiger partial charge in [-0.25, -0.2) is 0 Å². The van der Waals surface area contributed by atoms with Crippen molar-refractivity contribution in [2.75, 3.05) is 80.7 Å². The fourth-order valence-electron chi connectivity index (χ4n) is 4.89. The van der Waals surface area contributed by atoms with E-state index in [-0.39, 0.29) is 24.1 Å². The van der Waals surface area contributed by atoms with E-state index in [9.17, 15) is 9.59 Å². The Labute approximate surface area is 266 Å². The summed E-state index contributed by atoms with van der Waals surface area (Å²) in [6.07, 6.45) is 4.30. The van der Waals surface area contributed by atoms with Crippen molar-refractivity contribution in [1.29, 1.82) is 0 Å². The van der Waals surface area contributed by atoms with Crippen molar-refractivity contribution in [2.24, 2.45) is 9.98 Å². The zero-order chi connectivity index (χ0) is 31.7. The average Bonchev–Trinajstić information content (AvgIpc) is 2.97. The molecule has 4 aliphatic rings. The number of hydrogen-bond donors (Lipinski definition) is 0. The Morgan fingerprint density at radius 1 is 0.643 bits per heavy atom. The molecule has 2 fully saturated rings. The number of aliphatic imine (C=N–C) groups is 2. The molecular formula is C28H56Ga2N6O6. The minimum absolute atomic E-state index is 0.278. The number of ether oxygens (including phenoxy) is 2. The van der Waals surface area contributed by atoms with Crippen LogP contribution in [-0.4, -0.2) is 170 Å². The summed E-state index contributed by atoms with van der Waals surface area (Å²) in [5.74, 6) is 1.89. The van der Waals surface area contributed by atoms with Crippen LogP contribution in [0.15, 0.2) is 9.98 Å². The van der Waals surface area contributed by atoms with Crippen molar-refractivity contribution >= 4 is 57.0 Å². The Balaban J connectivity index is 0.000000281. The molecule has 0 radical (unpaired) electrons. The molecule has 2 atom stereocenters. The summed E-state index contributed by atoms with van der Waals surface area (Å²) in [6.45, 7) is 12.7. The summed E-state index contributed by atoms with van der Waals surface area (Å²) in [4.78, 5) is 39.8. The molecule has 240 valence electrons. The molecule has 0 spiro atoms.